The molecule has 0 amide bonds. The van der Waals surface area contributed by atoms with E-state index in [1.54, 1.807) is 0 Å². The summed E-state index contributed by atoms with van der Waals surface area (Å²) in [5.41, 5.74) is 0.136. The van der Waals surface area contributed by atoms with E-state index < -0.39 is 0 Å². The van der Waals surface area contributed by atoms with Crippen molar-refractivity contribution in [3.8, 4) is 0 Å². The number of hydrogen-bond donors (Lipinski definition) is 3. The second kappa shape index (κ2) is 12.6. The van der Waals surface area contributed by atoms with Crippen LogP contribution in [0.1, 0.15) is 149 Å². The SMILES string of the molecule is CCCN(c1nc(NC(C)(C)CC(C)(C)C)nc(N(CCC)C2CC(C)(C)NC(C)(C)C2)n1)C1CC(C)(C)NC(C)(C)C1. The second-order valence-corrected chi connectivity index (χ2v) is 18.3. The van der Waals surface area contributed by atoms with Crippen LogP contribution in [-0.4, -0.2) is 67.8 Å². The first-order chi connectivity index (χ1) is 19.4. The Bertz CT molecular complexity index is 970. The molecule has 8 nitrogen and oxygen atoms in total. The fourth-order valence-electron chi connectivity index (χ4n) is 8.69. The Hall–Kier alpha value is -1.67. The van der Waals surface area contributed by atoms with Gasteiger partial charge in [-0.05, 0) is 120 Å². The maximum atomic E-state index is 5.37. The standard InChI is InChI=1S/C35H68N8/c1-16-18-42(25-20-31(6,7)40-32(8,9)21-25)28-36-27(39-35(14,15)24-30(3,4)5)37-29(38-28)43(19-17-2)26-22-33(10,11)41-34(12,13)23-26/h25-26,40-41H,16-24H2,1-15H3,(H,36,37,38,39). The lowest BCUT2D eigenvalue weighted by Gasteiger charge is -2.50. The Morgan fingerprint density at radius 2 is 1.00 bits per heavy atom. The van der Waals surface area contributed by atoms with Crippen LogP contribution in [0.2, 0.25) is 0 Å². The fourth-order valence-corrected chi connectivity index (χ4v) is 8.69. The zero-order valence-electron chi connectivity index (χ0n) is 30.8. The molecule has 3 N–H and O–H groups in total. The van der Waals surface area contributed by atoms with E-state index in [1.807, 2.05) is 0 Å². The van der Waals surface area contributed by atoms with Crippen LogP contribution in [0.5, 0.6) is 0 Å². The zero-order chi connectivity index (χ0) is 32.6. The van der Waals surface area contributed by atoms with Gasteiger partial charge in [-0.15, -0.1) is 0 Å². The summed E-state index contributed by atoms with van der Waals surface area (Å²) in [7, 11) is 0. The van der Waals surface area contributed by atoms with Gasteiger partial charge < -0.3 is 25.8 Å². The third kappa shape index (κ3) is 10.4. The molecule has 8 heteroatoms. The van der Waals surface area contributed by atoms with Crippen molar-refractivity contribution in [2.75, 3.05) is 28.2 Å². The van der Waals surface area contributed by atoms with Crippen molar-refractivity contribution in [1.82, 2.24) is 25.6 Å². The molecule has 1 aromatic rings. The molecule has 2 aliphatic rings. The topological polar surface area (TPSA) is 81.2 Å². The predicted octanol–water partition coefficient (Wildman–Crippen LogP) is 7.55. The third-order valence-corrected chi connectivity index (χ3v) is 8.70. The Morgan fingerprint density at radius 3 is 1.30 bits per heavy atom. The molecule has 0 saturated carbocycles. The fraction of sp³-hybridized carbons (Fsp3) is 0.914. The molecular weight excluding hydrogens is 532 g/mol. The molecule has 3 rings (SSSR count). The van der Waals surface area contributed by atoms with Crippen LogP contribution < -0.4 is 25.8 Å². The van der Waals surface area contributed by atoms with Gasteiger partial charge >= 0.3 is 0 Å². The molecule has 2 aliphatic heterocycles. The molecule has 43 heavy (non-hydrogen) atoms. The second-order valence-electron chi connectivity index (χ2n) is 18.3. The van der Waals surface area contributed by atoms with Crippen LogP contribution in [0.15, 0.2) is 0 Å². The van der Waals surface area contributed by atoms with Crippen LogP contribution in [-0.2, 0) is 0 Å². The van der Waals surface area contributed by atoms with E-state index in [0.29, 0.717) is 18.0 Å². The van der Waals surface area contributed by atoms with E-state index in [-0.39, 0.29) is 33.1 Å². The average Bonchev–Trinajstić information content (AvgIpc) is 2.74. The van der Waals surface area contributed by atoms with Crippen molar-refractivity contribution in [2.24, 2.45) is 5.41 Å². The van der Waals surface area contributed by atoms with E-state index in [9.17, 15) is 0 Å². The van der Waals surface area contributed by atoms with Gasteiger partial charge in [-0.25, -0.2) is 0 Å². The smallest absolute Gasteiger partial charge is 0.232 e. The van der Waals surface area contributed by atoms with E-state index in [0.717, 1.165) is 69.9 Å². The molecule has 3 heterocycles. The van der Waals surface area contributed by atoms with Gasteiger partial charge in [0.15, 0.2) is 0 Å². The van der Waals surface area contributed by atoms with Crippen molar-refractivity contribution in [3.05, 3.63) is 0 Å². The van der Waals surface area contributed by atoms with Crippen molar-refractivity contribution >= 4 is 17.8 Å². The van der Waals surface area contributed by atoms with Gasteiger partial charge in [0.2, 0.25) is 17.8 Å². The minimum Gasteiger partial charge on any atom is -0.349 e. The first kappa shape index (κ1) is 35.8. The highest BCUT2D eigenvalue weighted by Crippen LogP contribution is 2.37. The summed E-state index contributed by atoms with van der Waals surface area (Å²) in [5.74, 6) is 2.32. The number of anilines is 3. The summed E-state index contributed by atoms with van der Waals surface area (Å²) in [6.07, 6.45) is 7.27. The lowest BCUT2D eigenvalue weighted by atomic mass is 9.79. The number of rotatable bonds is 11. The molecule has 0 aliphatic carbocycles. The Balaban J connectivity index is 2.15. The van der Waals surface area contributed by atoms with Gasteiger partial charge in [0.25, 0.3) is 0 Å². The Kier molecular flexibility index (Phi) is 10.5. The summed E-state index contributed by atoms with van der Waals surface area (Å²) < 4.78 is 0. The maximum absolute atomic E-state index is 5.37. The van der Waals surface area contributed by atoms with Crippen LogP contribution in [0.3, 0.4) is 0 Å². The number of aromatic nitrogens is 3. The molecule has 248 valence electrons. The van der Waals surface area contributed by atoms with E-state index in [2.05, 4.69) is 130 Å². The molecule has 0 atom stereocenters. The van der Waals surface area contributed by atoms with E-state index >= 15 is 0 Å². The number of hydrogen-bond acceptors (Lipinski definition) is 8. The highest BCUT2D eigenvalue weighted by molar-refractivity contribution is 5.48. The minimum atomic E-state index is -0.170. The summed E-state index contributed by atoms with van der Waals surface area (Å²) >= 11 is 0. The van der Waals surface area contributed by atoms with Gasteiger partial charge in [0.05, 0.1) is 0 Å². The summed E-state index contributed by atoms with van der Waals surface area (Å²) in [4.78, 5) is 20.8. The van der Waals surface area contributed by atoms with E-state index in [4.69, 9.17) is 15.0 Å². The minimum absolute atomic E-state index is 0.0323. The lowest BCUT2D eigenvalue weighted by molar-refractivity contribution is 0.157. The molecule has 0 radical (unpaired) electrons. The normalized spacial score (nSPS) is 22.3. The van der Waals surface area contributed by atoms with Crippen molar-refractivity contribution < 1.29 is 0 Å². The third-order valence-electron chi connectivity index (χ3n) is 8.70. The number of nitrogens with one attached hydrogen (secondary N) is 3. The molecule has 0 bridgehead atoms. The highest BCUT2D eigenvalue weighted by atomic mass is 15.4. The first-order valence-electron chi connectivity index (χ1n) is 17.1. The number of nitrogens with zero attached hydrogens (tertiary/aromatic N) is 5. The van der Waals surface area contributed by atoms with Crippen molar-refractivity contribution in [1.29, 1.82) is 0 Å². The Morgan fingerprint density at radius 1 is 0.651 bits per heavy atom. The summed E-state index contributed by atoms with van der Waals surface area (Å²) in [5, 5.41) is 11.5. The average molecular weight is 601 g/mol. The van der Waals surface area contributed by atoms with Gasteiger partial charge in [0, 0.05) is 52.9 Å². The molecule has 1 aromatic heterocycles. The van der Waals surface area contributed by atoms with Gasteiger partial charge in [-0.2, -0.15) is 15.0 Å². The zero-order valence-corrected chi connectivity index (χ0v) is 30.8. The quantitative estimate of drug-likeness (QED) is 0.240. The summed E-state index contributed by atoms with van der Waals surface area (Å²) in [6, 6.07) is 0.682. The van der Waals surface area contributed by atoms with E-state index in [1.165, 1.54) is 0 Å². The molecule has 2 saturated heterocycles. The van der Waals surface area contributed by atoms with Gasteiger partial charge in [-0.1, -0.05) is 34.6 Å². The largest absolute Gasteiger partial charge is 0.349 e. The highest BCUT2D eigenvalue weighted by Gasteiger charge is 2.43. The monoisotopic (exact) mass is 601 g/mol. The van der Waals surface area contributed by atoms with Crippen LogP contribution in [0, 0.1) is 5.41 Å². The Labute approximate surface area is 265 Å². The molecular formula is C35H68N8. The molecule has 0 aromatic carbocycles. The van der Waals surface area contributed by atoms with Crippen molar-refractivity contribution in [3.63, 3.8) is 0 Å². The lowest BCUT2D eigenvalue weighted by Crippen LogP contribution is -2.63. The molecule has 0 spiro atoms. The van der Waals surface area contributed by atoms with Crippen LogP contribution >= 0.6 is 0 Å². The van der Waals surface area contributed by atoms with Crippen molar-refractivity contribution in [2.45, 2.75) is 189 Å². The van der Waals surface area contributed by atoms with Crippen LogP contribution in [0.4, 0.5) is 17.8 Å². The molecule has 2 fully saturated rings. The summed E-state index contributed by atoms with van der Waals surface area (Å²) in [6.45, 7) is 36.4. The number of piperidine rings is 2. The van der Waals surface area contributed by atoms with Gasteiger partial charge in [0.1, 0.15) is 0 Å². The van der Waals surface area contributed by atoms with Crippen LogP contribution in [0.25, 0.3) is 0 Å². The maximum Gasteiger partial charge on any atom is 0.232 e. The first-order valence-corrected chi connectivity index (χ1v) is 17.1. The predicted molar refractivity (Wildman–Crippen MR) is 186 cm³/mol. The molecule has 0 unspecified atom stereocenters. The van der Waals surface area contributed by atoms with Gasteiger partial charge in [-0.3, -0.25) is 0 Å².